The zero-order valence-corrected chi connectivity index (χ0v) is 15.5. The lowest BCUT2D eigenvalue weighted by Gasteiger charge is -2.26. The fourth-order valence-corrected chi connectivity index (χ4v) is 4.15. The molecule has 0 spiro atoms. The zero-order valence-electron chi connectivity index (χ0n) is 15.5. The molecule has 1 atom stereocenters. The summed E-state index contributed by atoms with van der Waals surface area (Å²) >= 11 is 0. The molecule has 2 aliphatic heterocycles. The summed E-state index contributed by atoms with van der Waals surface area (Å²) in [5.41, 5.74) is 2.22. The summed E-state index contributed by atoms with van der Waals surface area (Å²) in [6.45, 7) is 3.53. The van der Waals surface area contributed by atoms with Gasteiger partial charge in [-0.25, -0.2) is 4.39 Å². The zero-order chi connectivity index (χ0) is 19.3. The van der Waals surface area contributed by atoms with Crippen LogP contribution in [0.1, 0.15) is 40.6 Å². The topological polar surface area (TPSA) is 51.9 Å². The fourth-order valence-electron chi connectivity index (χ4n) is 4.15. The monoisotopic (exact) mass is 381 g/mol. The van der Waals surface area contributed by atoms with Gasteiger partial charge in [-0.3, -0.25) is 4.79 Å². The van der Waals surface area contributed by atoms with Crippen LogP contribution in [0.15, 0.2) is 40.8 Å². The molecule has 1 unspecified atom stereocenters. The van der Waals surface area contributed by atoms with Crippen molar-refractivity contribution in [1.82, 2.24) is 4.90 Å². The van der Waals surface area contributed by atoms with Crippen LogP contribution in [-0.4, -0.2) is 30.6 Å². The minimum atomic E-state index is -0.342. The Balaban J connectivity index is 1.48. The Labute approximate surface area is 161 Å². The molecule has 5 nitrogen and oxygen atoms in total. The van der Waals surface area contributed by atoms with Crippen molar-refractivity contribution in [3.05, 3.63) is 59.1 Å². The number of hydrogen-bond donors (Lipinski definition) is 0. The third-order valence-corrected chi connectivity index (χ3v) is 5.56. The first-order valence-electron chi connectivity index (χ1n) is 9.51. The molecule has 28 heavy (non-hydrogen) atoms. The van der Waals surface area contributed by atoms with E-state index in [4.69, 9.17) is 13.9 Å². The van der Waals surface area contributed by atoms with Crippen molar-refractivity contribution in [1.29, 1.82) is 0 Å². The van der Waals surface area contributed by atoms with E-state index in [9.17, 15) is 9.18 Å². The number of aryl methyl sites for hydroxylation is 1. The van der Waals surface area contributed by atoms with E-state index in [1.54, 1.807) is 13.0 Å². The predicted molar refractivity (Wildman–Crippen MR) is 101 cm³/mol. The molecule has 1 aromatic heterocycles. The summed E-state index contributed by atoms with van der Waals surface area (Å²) < 4.78 is 30.7. The third kappa shape index (κ3) is 2.71. The SMILES string of the molecule is Cc1c(C(=O)N2CCCC2c2ccc3c(c2)OCCO3)oc2ccc(F)cc12. The first-order valence-corrected chi connectivity index (χ1v) is 9.51. The summed E-state index contributed by atoms with van der Waals surface area (Å²) in [7, 11) is 0. The van der Waals surface area contributed by atoms with Crippen molar-refractivity contribution in [2.75, 3.05) is 19.8 Å². The summed E-state index contributed by atoms with van der Waals surface area (Å²) in [4.78, 5) is 15.1. The van der Waals surface area contributed by atoms with Crippen molar-refractivity contribution in [3.63, 3.8) is 0 Å². The normalized spacial score (nSPS) is 18.6. The number of amides is 1. The third-order valence-electron chi connectivity index (χ3n) is 5.56. The van der Waals surface area contributed by atoms with Gasteiger partial charge in [-0.2, -0.15) is 0 Å². The standard InChI is InChI=1S/C22H20FNO4/c1-13-16-12-15(23)5-7-18(16)28-21(13)22(25)24-8-2-3-17(24)14-4-6-19-20(11-14)27-10-9-26-19/h4-7,11-12,17H,2-3,8-10H2,1H3. The first kappa shape index (κ1) is 17.1. The minimum absolute atomic E-state index is 0.0484. The summed E-state index contributed by atoms with van der Waals surface area (Å²) in [6.07, 6.45) is 1.79. The van der Waals surface area contributed by atoms with Crippen molar-refractivity contribution in [2.24, 2.45) is 0 Å². The Hall–Kier alpha value is -3.02. The molecule has 144 valence electrons. The molecule has 1 saturated heterocycles. The van der Waals surface area contributed by atoms with Crippen LogP contribution in [-0.2, 0) is 0 Å². The number of carbonyl (C=O) groups excluding carboxylic acids is 1. The Morgan fingerprint density at radius 3 is 2.79 bits per heavy atom. The van der Waals surface area contributed by atoms with E-state index in [0.29, 0.717) is 36.3 Å². The van der Waals surface area contributed by atoms with Crippen LogP contribution in [0.4, 0.5) is 4.39 Å². The second-order valence-electron chi connectivity index (χ2n) is 7.26. The second kappa shape index (κ2) is 6.55. The molecule has 0 saturated carbocycles. The van der Waals surface area contributed by atoms with Crippen molar-refractivity contribution in [3.8, 4) is 11.5 Å². The molecule has 2 aromatic carbocycles. The predicted octanol–water partition coefficient (Wildman–Crippen LogP) is 4.63. The van der Waals surface area contributed by atoms with Gasteiger partial charge in [-0.1, -0.05) is 6.07 Å². The van der Waals surface area contributed by atoms with Crippen molar-refractivity contribution in [2.45, 2.75) is 25.8 Å². The summed E-state index contributed by atoms with van der Waals surface area (Å²) in [5.74, 6) is 1.24. The average molecular weight is 381 g/mol. The number of nitrogens with zero attached hydrogens (tertiary/aromatic N) is 1. The van der Waals surface area contributed by atoms with Crippen molar-refractivity contribution >= 4 is 16.9 Å². The number of carbonyl (C=O) groups is 1. The highest BCUT2D eigenvalue weighted by Gasteiger charge is 2.34. The summed E-state index contributed by atoms with van der Waals surface area (Å²) in [6, 6.07) is 10.1. The molecule has 6 heteroatoms. The number of ether oxygens (including phenoxy) is 2. The maximum absolute atomic E-state index is 13.6. The second-order valence-corrected chi connectivity index (χ2v) is 7.26. The van der Waals surface area contributed by atoms with Crippen LogP contribution in [0.25, 0.3) is 11.0 Å². The van der Waals surface area contributed by atoms with Gasteiger partial charge in [-0.05, 0) is 55.7 Å². The molecule has 5 rings (SSSR count). The number of fused-ring (bicyclic) bond motifs is 2. The highest BCUT2D eigenvalue weighted by atomic mass is 19.1. The van der Waals surface area contributed by atoms with Crippen LogP contribution in [0.2, 0.25) is 0 Å². The number of furan rings is 1. The van der Waals surface area contributed by atoms with Gasteiger partial charge in [0.05, 0.1) is 6.04 Å². The molecule has 1 amide bonds. The van der Waals surface area contributed by atoms with Crippen molar-refractivity contribution < 1.29 is 23.1 Å². The number of benzene rings is 2. The van der Waals surface area contributed by atoms with Gasteiger partial charge in [0.15, 0.2) is 17.3 Å². The quantitative estimate of drug-likeness (QED) is 0.650. The largest absolute Gasteiger partial charge is 0.486 e. The van der Waals surface area contributed by atoms with Crippen LogP contribution in [0.3, 0.4) is 0 Å². The Morgan fingerprint density at radius 2 is 1.93 bits per heavy atom. The smallest absolute Gasteiger partial charge is 0.290 e. The Morgan fingerprint density at radius 1 is 1.11 bits per heavy atom. The Kier molecular flexibility index (Phi) is 4.00. The number of halogens is 1. The molecular weight excluding hydrogens is 361 g/mol. The van der Waals surface area contributed by atoms with E-state index in [0.717, 1.165) is 29.9 Å². The highest BCUT2D eigenvalue weighted by Crippen LogP contribution is 2.39. The van der Waals surface area contributed by atoms with E-state index in [2.05, 4.69) is 0 Å². The molecule has 0 N–H and O–H groups in total. The fraction of sp³-hybridized carbons (Fsp3) is 0.318. The van der Waals surface area contributed by atoms with E-state index in [1.807, 2.05) is 23.1 Å². The van der Waals surface area contributed by atoms with Gasteiger partial charge in [0.2, 0.25) is 0 Å². The molecule has 1 fully saturated rings. The molecule has 0 aliphatic carbocycles. The molecule has 3 aromatic rings. The van der Waals surface area contributed by atoms with E-state index in [1.165, 1.54) is 12.1 Å². The molecule has 0 radical (unpaired) electrons. The lowest BCUT2D eigenvalue weighted by Crippen LogP contribution is -2.30. The van der Waals surface area contributed by atoms with Crippen LogP contribution in [0.5, 0.6) is 11.5 Å². The molecular formula is C22H20FNO4. The number of hydrogen-bond acceptors (Lipinski definition) is 4. The van der Waals surface area contributed by atoms with Gasteiger partial charge < -0.3 is 18.8 Å². The van der Waals surface area contributed by atoms with Gasteiger partial charge in [-0.15, -0.1) is 0 Å². The van der Waals surface area contributed by atoms with Gasteiger partial charge >= 0.3 is 0 Å². The highest BCUT2D eigenvalue weighted by molar-refractivity contribution is 5.99. The lowest BCUT2D eigenvalue weighted by molar-refractivity contribution is 0.0704. The van der Waals surface area contributed by atoms with E-state index < -0.39 is 0 Å². The van der Waals surface area contributed by atoms with E-state index in [-0.39, 0.29) is 23.5 Å². The molecule has 2 aliphatic rings. The first-order chi connectivity index (χ1) is 13.6. The number of rotatable bonds is 2. The average Bonchev–Trinajstić information content (AvgIpc) is 3.32. The lowest BCUT2D eigenvalue weighted by atomic mass is 10.0. The molecule has 0 bridgehead atoms. The van der Waals surface area contributed by atoms with Gasteiger partial charge in [0.1, 0.15) is 24.6 Å². The van der Waals surface area contributed by atoms with Crippen LogP contribution < -0.4 is 9.47 Å². The minimum Gasteiger partial charge on any atom is -0.486 e. The van der Waals surface area contributed by atoms with E-state index >= 15 is 0 Å². The molecule has 3 heterocycles. The van der Waals surface area contributed by atoms with Gasteiger partial charge in [0, 0.05) is 17.5 Å². The van der Waals surface area contributed by atoms with Gasteiger partial charge in [0.25, 0.3) is 5.91 Å². The maximum atomic E-state index is 13.6. The Bertz CT molecular complexity index is 1070. The van der Waals surface area contributed by atoms with Crippen LogP contribution in [0, 0.1) is 12.7 Å². The maximum Gasteiger partial charge on any atom is 0.290 e. The van der Waals surface area contributed by atoms with Crippen LogP contribution >= 0.6 is 0 Å². The number of likely N-dealkylation sites (tertiary alicyclic amines) is 1. The summed E-state index contributed by atoms with van der Waals surface area (Å²) in [5, 5.41) is 0.637.